The quantitative estimate of drug-likeness (QED) is 0.830. The fourth-order valence-electron chi connectivity index (χ4n) is 3.15. The van der Waals surface area contributed by atoms with Gasteiger partial charge in [0.15, 0.2) is 0 Å². The monoisotopic (exact) mass is 310 g/mol. The Labute approximate surface area is 126 Å². The van der Waals surface area contributed by atoms with Crippen LogP contribution in [0.15, 0.2) is 30.3 Å². The normalized spacial score (nSPS) is 27.7. The van der Waals surface area contributed by atoms with Crippen molar-refractivity contribution in [3.05, 3.63) is 35.9 Å². The summed E-state index contributed by atoms with van der Waals surface area (Å²) in [7, 11) is -3.13. The van der Waals surface area contributed by atoms with Gasteiger partial charge in [0.25, 0.3) is 0 Å². The van der Waals surface area contributed by atoms with Crippen molar-refractivity contribution in [3.8, 4) is 0 Å². The minimum Gasteiger partial charge on any atom is -0.374 e. The molecule has 2 saturated heterocycles. The van der Waals surface area contributed by atoms with Crippen LogP contribution in [0.25, 0.3) is 0 Å². The van der Waals surface area contributed by atoms with E-state index in [2.05, 4.69) is 17.0 Å². The second-order valence-corrected chi connectivity index (χ2v) is 7.91. The molecule has 2 atom stereocenters. The van der Waals surface area contributed by atoms with Crippen LogP contribution in [0.5, 0.6) is 0 Å². The van der Waals surface area contributed by atoms with Crippen LogP contribution in [-0.2, 0) is 21.3 Å². The topological polar surface area (TPSA) is 49.9 Å². The standard InChI is InChI=1S/C15H22N2O3S/c1-2-21(18,19)17-11-14-15(12-17)20-9-8-16(14)10-13-6-4-3-5-7-13/h3-7,14-15H,2,8-12H2,1H3/t14-,15+/m0/s1. The largest absolute Gasteiger partial charge is 0.374 e. The minimum absolute atomic E-state index is 0.00351. The highest BCUT2D eigenvalue weighted by Crippen LogP contribution is 2.26. The van der Waals surface area contributed by atoms with E-state index < -0.39 is 10.0 Å². The zero-order chi connectivity index (χ0) is 14.9. The van der Waals surface area contributed by atoms with Crippen LogP contribution in [-0.4, -0.2) is 61.8 Å². The van der Waals surface area contributed by atoms with Gasteiger partial charge in [-0.3, -0.25) is 4.90 Å². The minimum atomic E-state index is -3.13. The molecule has 0 N–H and O–H groups in total. The van der Waals surface area contributed by atoms with Crippen molar-refractivity contribution in [1.82, 2.24) is 9.21 Å². The summed E-state index contributed by atoms with van der Waals surface area (Å²) in [5.74, 6) is 0.158. The number of sulfonamides is 1. The third-order valence-electron chi connectivity index (χ3n) is 4.37. The van der Waals surface area contributed by atoms with Crippen molar-refractivity contribution in [2.45, 2.75) is 25.6 Å². The highest BCUT2D eigenvalue weighted by atomic mass is 32.2. The first-order chi connectivity index (χ1) is 10.1. The molecule has 2 heterocycles. The van der Waals surface area contributed by atoms with E-state index in [1.165, 1.54) is 5.56 Å². The van der Waals surface area contributed by atoms with E-state index in [9.17, 15) is 8.42 Å². The summed E-state index contributed by atoms with van der Waals surface area (Å²) in [4.78, 5) is 2.36. The number of hydrogen-bond donors (Lipinski definition) is 0. The molecule has 0 bridgehead atoms. The summed E-state index contributed by atoms with van der Waals surface area (Å²) >= 11 is 0. The smallest absolute Gasteiger partial charge is 0.213 e. The third-order valence-corrected chi connectivity index (χ3v) is 6.18. The van der Waals surface area contributed by atoms with Crippen LogP contribution in [0, 0.1) is 0 Å². The summed E-state index contributed by atoms with van der Waals surface area (Å²) in [5.41, 5.74) is 1.26. The van der Waals surface area contributed by atoms with E-state index in [1.807, 2.05) is 18.2 Å². The lowest BCUT2D eigenvalue weighted by molar-refractivity contribution is -0.0502. The Balaban J connectivity index is 1.73. The first-order valence-corrected chi connectivity index (χ1v) is 9.08. The molecule has 2 fully saturated rings. The van der Waals surface area contributed by atoms with Crippen molar-refractivity contribution in [3.63, 3.8) is 0 Å². The second kappa shape index (κ2) is 6.04. The Morgan fingerprint density at radius 1 is 1.24 bits per heavy atom. The van der Waals surface area contributed by atoms with E-state index in [-0.39, 0.29) is 17.9 Å². The van der Waals surface area contributed by atoms with Gasteiger partial charge in [0.2, 0.25) is 10.0 Å². The van der Waals surface area contributed by atoms with E-state index >= 15 is 0 Å². The molecule has 0 unspecified atom stereocenters. The number of rotatable bonds is 4. The molecule has 2 aliphatic heterocycles. The van der Waals surface area contributed by atoms with Gasteiger partial charge in [0.05, 0.1) is 24.5 Å². The van der Waals surface area contributed by atoms with Gasteiger partial charge >= 0.3 is 0 Å². The second-order valence-electron chi connectivity index (χ2n) is 5.65. The Morgan fingerprint density at radius 2 is 2.00 bits per heavy atom. The number of nitrogens with zero attached hydrogens (tertiary/aromatic N) is 2. The van der Waals surface area contributed by atoms with Gasteiger partial charge < -0.3 is 4.74 Å². The van der Waals surface area contributed by atoms with Gasteiger partial charge in [-0.2, -0.15) is 4.31 Å². The first-order valence-electron chi connectivity index (χ1n) is 7.47. The average molecular weight is 310 g/mol. The Hall–Kier alpha value is -0.950. The third kappa shape index (κ3) is 3.13. The molecule has 21 heavy (non-hydrogen) atoms. The van der Waals surface area contributed by atoms with E-state index in [4.69, 9.17) is 4.74 Å². The maximum atomic E-state index is 12.1. The molecule has 0 radical (unpaired) electrons. The van der Waals surface area contributed by atoms with Crippen molar-refractivity contribution in [2.24, 2.45) is 0 Å². The SMILES string of the molecule is CCS(=O)(=O)N1C[C@H]2OCCN(Cc3ccccc3)[C@H]2C1. The highest BCUT2D eigenvalue weighted by Gasteiger charge is 2.43. The Morgan fingerprint density at radius 3 is 2.71 bits per heavy atom. The summed E-state index contributed by atoms with van der Waals surface area (Å²) < 4.78 is 31.5. The maximum Gasteiger partial charge on any atom is 0.213 e. The number of morpholine rings is 1. The highest BCUT2D eigenvalue weighted by molar-refractivity contribution is 7.89. The van der Waals surface area contributed by atoms with Gasteiger partial charge in [-0.1, -0.05) is 30.3 Å². The molecular formula is C15H22N2O3S. The van der Waals surface area contributed by atoms with Crippen molar-refractivity contribution >= 4 is 10.0 Å². The molecule has 6 heteroatoms. The molecule has 3 rings (SSSR count). The van der Waals surface area contributed by atoms with Gasteiger partial charge in [-0.05, 0) is 12.5 Å². The van der Waals surface area contributed by atoms with Gasteiger partial charge in [0, 0.05) is 26.2 Å². The molecule has 1 aromatic carbocycles. The van der Waals surface area contributed by atoms with Crippen molar-refractivity contribution in [2.75, 3.05) is 32.0 Å². The van der Waals surface area contributed by atoms with E-state index in [0.29, 0.717) is 19.7 Å². The van der Waals surface area contributed by atoms with Crippen LogP contribution in [0.3, 0.4) is 0 Å². The number of ether oxygens (including phenoxy) is 1. The number of benzene rings is 1. The molecular weight excluding hydrogens is 288 g/mol. The molecule has 0 amide bonds. The number of hydrogen-bond acceptors (Lipinski definition) is 4. The van der Waals surface area contributed by atoms with Gasteiger partial charge in [-0.25, -0.2) is 8.42 Å². The molecule has 2 aliphatic rings. The summed E-state index contributed by atoms with van der Waals surface area (Å²) in [5, 5.41) is 0. The lowest BCUT2D eigenvalue weighted by atomic mass is 10.1. The van der Waals surface area contributed by atoms with Crippen LogP contribution in [0.2, 0.25) is 0 Å². The fraction of sp³-hybridized carbons (Fsp3) is 0.600. The molecule has 1 aromatic rings. The zero-order valence-electron chi connectivity index (χ0n) is 12.3. The van der Waals surface area contributed by atoms with Gasteiger partial charge in [0.1, 0.15) is 0 Å². The lowest BCUT2D eigenvalue weighted by Crippen LogP contribution is -2.50. The van der Waals surface area contributed by atoms with Crippen LogP contribution in [0.4, 0.5) is 0 Å². The molecule has 0 aliphatic carbocycles. The predicted octanol–water partition coefficient (Wildman–Crippen LogP) is 0.921. The van der Waals surface area contributed by atoms with Crippen molar-refractivity contribution < 1.29 is 13.2 Å². The van der Waals surface area contributed by atoms with Crippen LogP contribution < -0.4 is 0 Å². The summed E-state index contributed by atoms with van der Waals surface area (Å²) in [6.45, 7) is 5.12. The van der Waals surface area contributed by atoms with Crippen LogP contribution in [0.1, 0.15) is 12.5 Å². The van der Waals surface area contributed by atoms with E-state index in [1.54, 1.807) is 11.2 Å². The van der Waals surface area contributed by atoms with Gasteiger partial charge in [-0.15, -0.1) is 0 Å². The predicted molar refractivity (Wildman–Crippen MR) is 81.4 cm³/mol. The van der Waals surface area contributed by atoms with Crippen molar-refractivity contribution in [1.29, 1.82) is 0 Å². The summed E-state index contributed by atoms with van der Waals surface area (Å²) in [6, 6.07) is 10.5. The average Bonchev–Trinajstić information content (AvgIpc) is 2.94. The molecule has 116 valence electrons. The molecule has 0 saturated carbocycles. The number of fused-ring (bicyclic) bond motifs is 1. The molecule has 0 aromatic heterocycles. The maximum absolute atomic E-state index is 12.1. The van der Waals surface area contributed by atoms with E-state index in [0.717, 1.165) is 13.1 Å². The van der Waals surface area contributed by atoms with Crippen LogP contribution >= 0.6 is 0 Å². The molecule has 0 spiro atoms. The fourth-order valence-corrected chi connectivity index (χ4v) is 4.27. The zero-order valence-corrected chi connectivity index (χ0v) is 13.1. The summed E-state index contributed by atoms with van der Waals surface area (Å²) in [6.07, 6.45) is 0.00351. The molecule has 5 nitrogen and oxygen atoms in total. The lowest BCUT2D eigenvalue weighted by Gasteiger charge is -2.36. The Kier molecular flexibility index (Phi) is 4.31. The first kappa shape index (κ1) is 15.0. The Bertz CT molecular complexity index is 576.